The summed E-state index contributed by atoms with van der Waals surface area (Å²) in [6, 6.07) is 6.21. The molecular formula is C15H17BrN2O2. The number of carboxylic acid groups (broad SMARTS) is 1. The second kappa shape index (κ2) is 5.79. The highest BCUT2D eigenvalue weighted by Gasteiger charge is 2.14. The normalized spacial score (nSPS) is 10.8. The van der Waals surface area contributed by atoms with Crippen molar-refractivity contribution >= 4 is 21.9 Å². The van der Waals surface area contributed by atoms with E-state index < -0.39 is 5.97 Å². The third-order valence-corrected chi connectivity index (χ3v) is 4.23. The van der Waals surface area contributed by atoms with Gasteiger partial charge in [0, 0.05) is 15.7 Å². The van der Waals surface area contributed by atoms with Crippen molar-refractivity contribution in [3.05, 3.63) is 39.6 Å². The molecule has 1 aromatic heterocycles. The van der Waals surface area contributed by atoms with Gasteiger partial charge in [0.15, 0.2) is 0 Å². The number of carboxylic acids is 1. The Labute approximate surface area is 126 Å². The molecular weight excluding hydrogens is 320 g/mol. The van der Waals surface area contributed by atoms with E-state index in [9.17, 15) is 4.79 Å². The fourth-order valence-corrected chi connectivity index (χ4v) is 2.66. The van der Waals surface area contributed by atoms with Gasteiger partial charge in [0.25, 0.3) is 0 Å². The van der Waals surface area contributed by atoms with Gasteiger partial charge in [-0.3, -0.25) is 9.48 Å². The fraction of sp³-hybridized carbons (Fsp3) is 0.333. The van der Waals surface area contributed by atoms with E-state index in [1.807, 2.05) is 20.8 Å². The first-order valence-electron chi connectivity index (χ1n) is 6.42. The van der Waals surface area contributed by atoms with Gasteiger partial charge in [0.05, 0.1) is 18.7 Å². The smallest absolute Gasteiger partial charge is 0.305 e. The van der Waals surface area contributed by atoms with Crippen LogP contribution in [-0.4, -0.2) is 20.9 Å². The van der Waals surface area contributed by atoms with E-state index in [-0.39, 0.29) is 6.42 Å². The molecule has 2 rings (SSSR count). The number of aromatic nitrogens is 2. The molecule has 1 N–H and O–H groups in total. The molecule has 0 fully saturated rings. The molecule has 1 aromatic carbocycles. The number of aliphatic carboxylic acids is 1. The van der Waals surface area contributed by atoms with E-state index in [0.29, 0.717) is 6.54 Å². The van der Waals surface area contributed by atoms with Crippen molar-refractivity contribution in [2.45, 2.75) is 33.7 Å². The highest BCUT2D eigenvalue weighted by Crippen LogP contribution is 2.30. The number of carbonyl (C=O) groups is 1. The van der Waals surface area contributed by atoms with Crippen LogP contribution in [0.15, 0.2) is 22.7 Å². The first kappa shape index (κ1) is 14.8. The molecule has 1 heterocycles. The highest BCUT2D eigenvalue weighted by atomic mass is 79.9. The number of hydrogen-bond donors (Lipinski definition) is 1. The SMILES string of the molecule is Cc1ccc(-c2c(C)nn(CCC(=O)O)c2C)cc1Br. The number of hydrogen-bond acceptors (Lipinski definition) is 2. The van der Waals surface area contributed by atoms with Crippen LogP contribution >= 0.6 is 15.9 Å². The molecule has 0 spiro atoms. The molecule has 20 heavy (non-hydrogen) atoms. The van der Waals surface area contributed by atoms with Crippen LogP contribution in [0.1, 0.15) is 23.4 Å². The van der Waals surface area contributed by atoms with Crippen LogP contribution in [-0.2, 0) is 11.3 Å². The predicted octanol–water partition coefficient (Wildman–Crippen LogP) is 3.71. The summed E-state index contributed by atoms with van der Waals surface area (Å²) in [5.41, 5.74) is 5.28. The van der Waals surface area contributed by atoms with E-state index in [2.05, 4.69) is 39.2 Å². The average molecular weight is 337 g/mol. The molecule has 4 nitrogen and oxygen atoms in total. The molecule has 106 valence electrons. The predicted molar refractivity (Wildman–Crippen MR) is 81.8 cm³/mol. The molecule has 0 saturated carbocycles. The lowest BCUT2D eigenvalue weighted by Crippen LogP contribution is -2.07. The molecule has 0 saturated heterocycles. The zero-order chi connectivity index (χ0) is 14.9. The van der Waals surface area contributed by atoms with Crippen LogP contribution in [0.5, 0.6) is 0 Å². The minimum Gasteiger partial charge on any atom is -0.481 e. The Bertz CT molecular complexity index is 662. The first-order valence-corrected chi connectivity index (χ1v) is 7.21. The number of benzene rings is 1. The molecule has 0 aliphatic heterocycles. The third-order valence-electron chi connectivity index (χ3n) is 3.38. The molecule has 0 amide bonds. The Morgan fingerprint density at radius 2 is 2.05 bits per heavy atom. The van der Waals surface area contributed by atoms with E-state index >= 15 is 0 Å². The molecule has 0 unspecified atom stereocenters. The Kier molecular flexibility index (Phi) is 4.28. The van der Waals surface area contributed by atoms with Crippen molar-refractivity contribution in [3.63, 3.8) is 0 Å². The van der Waals surface area contributed by atoms with Gasteiger partial charge in [0.2, 0.25) is 0 Å². The summed E-state index contributed by atoms with van der Waals surface area (Å²) in [7, 11) is 0. The molecule has 0 aliphatic carbocycles. The second-order valence-electron chi connectivity index (χ2n) is 4.88. The summed E-state index contributed by atoms with van der Waals surface area (Å²) in [5, 5.41) is 13.2. The maximum atomic E-state index is 10.7. The van der Waals surface area contributed by atoms with Gasteiger partial charge in [-0.05, 0) is 38.0 Å². The van der Waals surface area contributed by atoms with Crippen LogP contribution in [0.25, 0.3) is 11.1 Å². The minimum atomic E-state index is -0.808. The standard InChI is InChI=1S/C15H17BrN2O2/c1-9-4-5-12(8-13(9)16)15-10(2)17-18(11(15)3)7-6-14(19)20/h4-5,8H,6-7H2,1-3H3,(H,19,20). The lowest BCUT2D eigenvalue weighted by molar-refractivity contribution is -0.137. The van der Waals surface area contributed by atoms with Gasteiger partial charge in [-0.25, -0.2) is 0 Å². The summed E-state index contributed by atoms with van der Waals surface area (Å²) in [5.74, 6) is -0.808. The van der Waals surface area contributed by atoms with Gasteiger partial charge in [-0.2, -0.15) is 5.10 Å². The van der Waals surface area contributed by atoms with Crippen LogP contribution in [0.3, 0.4) is 0 Å². The third kappa shape index (κ3) is 2.93. The minimum absolute atomic E-state index is 0.0823. The molecule has 2 aromatic rings. The van der Waals surface area contributed by atoms with Gasteiger partial charge in [-0.15, -0.1) is 0 Å². The van der Waals surface area contributed by atoms with Crippen molar-refractivity contribution in [2.24, 2.45) is 0 Å². The monoisotopic (exact) mass is 336 g/mol. The largest absolute Gasteiger partial charge is 0.481 e. The zero-order valence-corrected chi connectivity index (χ0v) is 13.4. The Hall–Kier alpha value is -1.62. The van der Waals surface area contributed by atoms with Gasteiger partial charge < -0.3 is 5.11 Å². The fourth-order valence-electron chi connectivity index (χ4n) is 2.28. The van der Waals surface area contributed by atoms with Gasteiger partial charge in [-0.1, -0.05) is 28.1 Å². The summed E-state index contributed by atoms with van der Waals surface area (Å²) in [6.07, 6.45) is 0.0823. The van der Waals surface area contributed by atoms with Crippen molar-refractivity contribution < 1.29 is 9.90 Å². The van der Waals surface area contributed by atoms with Gasteiger partial charge >= 0.3 is 5.97 Å². The number of aryl methyl sites for hydroxylation is 3. The molecule has 0 aliphatic rings. The molecule has 0 radical (unpaired) electrons. The van der Waals surface area contributed by atoms with E-state index in [0.717, 1.165) is 27.0 Å². The maximum absolute atomic E-state index is 10.7. The van der Waals surface area contributed by atoms with E-state index in [1.165, 1.54) is 5.56 Å². The molecule has 0 atom stereocenters. The van der Waals surface area contributed by atoms with Crippen molar-refractivity contribution in [1.82, 2.24) is 9.78 Å². The summed E-state index contributed by atoms with van der Waals surface area (Å²) in [4.78, 5) is 10.7. The Balaban J connectivity index is 2.41. The Morgan fingerprint density at radius 1 is 1.35 bits per heavy atom. The summed E-state index contributed by atoms with van der Waals surface area (Å²) < 4.78 is 2.83. The van der Waals surface area contributed by atoms with E-state index in [1.54, 1.807) is 4.68 Å². The summed E-state index contributed by atoms with van der Waals surface area (Å²) >= 11 is 3.54. The van der Waals surface area contributed by atoms with Crippen LogP contribution in [0.2, 0.25) is 0 Å². The lowest BCUT2D eigenvalue weighted by Gasteiger charge is -2.06. The summed E-state index contributed by atoms with van der Waals surface area (Å²) in [6.45, 7) is 6.37. The Morgan fingerprint density at radius 3 is 2.65 bits per heavy atom. The average Bonchev–Trinajstić information content (AvgIpc) is 2.65. The van der Waals surface area contributed by atoms with Crippen LogP contribution in [0.4, 0.5) is 0 Å². The quantitative estimate of drug-likeness (QED) is 0.925. The number of rotatable bonds is 4. The zero-order valence-electron chi connectivity index (χ0n) is 11.8. The maximum Gasteiger partial charge on any atom is 0.305 e. The van der Waals surface area contributed by atoms with E-state index in [4.69, 9.17) is 5.11 Å². The van der Waals surface area contributed by atoms with Crippen LogP contribution in [0, 0.1) is 20.8 Å². The highest BCUT2D eigenvalue weighted by molar-refractivity contribution is 9.10. The van der Waals surface area contributed by atoms with Crippen molar-refractivity contribution in [3.8, 4) is 11.1 Å². The van der Waals surface area contributed by atoms with Crippen molar-refractivity contribution in [1.29, 1.82) is 0 Å². The molecule has 5 heteroatoms. The second-order valence-corrected chi connectivity index (χ2v) is 5.73. The first-order chi connectivity index (χ1) is 9.40. The topological polar surface area (TPSA) is 55.1 Å². The van der Waals surface area contributed by atoms with Gasteiger partial charge in [0.1, 0.15) is 0 Å². The number of halogens is 1. The van der Waals surface area contributed by atoms with Crippen molar-refractivity contribution in [2.75, 3.05) is 0 Å². The van der Waals surface area contributed by atoms with Crippen LogP contribution < -0.4 is 0 Å². The lowest BCUT2D eigenvalue weighted by atomic mass is 10.0. The number of nitrogens with zero attached hydrogens (tertiary/aromatic N) is 2. The molecule has 0 bridgehead atoms.